The molecule has 3 rings (SSSR count). The van der Waals surface area contributed by atoms with Gasteiger partial charge in [0.2, 0.25) is 5.82 Å². The van der Waals surface area contributed by atoms with Crippen molar-refractivity contribution >= 4 is 17.0 Å². The van der Waals surface area contributed by atoms with Crippen LogP contribution in [0.3, 0.4) is 0 Å². The zero-order valence-electron chi connectivity index (χ0n) is 12.5. The van der Waals surface area contributed by atoms with Crippen molar-refractivity contribution < 1.29 is 9.26 Å². The molecule has 0 bridgehead atoms. The average molecular weight is 307 g/mol. The summed E-state index contributed by atoms with van der Waals surface area (Å²) in [6.45, 7) is 4.95. The van der Waals surface area contributed by atoms with Crippen LogP contribution in [0.5, 0.6) is 0 Å². The van der Waals surface area contributed by atoms with Gasteiger partial charge in [-0.15, -0.1) is 11.3 Å². The van der Waals surface area contributed by atoms with E-state index in [2.05, 4.69) is 17.1 Å². The summed E-state index contributed by atoms with van der Waals surface area (Å²) in [5.74, 6) is 1.90. The van der Waals surface area contributed by atoms with Crippen molar-refractivity contribution in [3.05, 3.63) is 17.3 Å². The van der Waals surface area contributed by atoms with Crippen LogP contribution in [-0.2, 0) is 10.3 Å². The normalized spacial score (nSPS) is 26.1. The number of nitrogens with zero attached hydrogens (tertiary/aromatic N) is 2. The molecule has 2 N–H and O–H groups in total. The molecule has 0 radical (unpaired) electrons. The Morgan fingerprint density at radius 1 is 1.48 bits per heavy atom. The molecule has 2 heterocycles. The molecule has 0 aliphatic heterocycles. The zero-order valence-corrected chi connectivity index (χ0v) is 13.3. The maximum atomic E-state index is 6.05. The van der Waals surface area contributed by atoms with Crippen molar-refractivity contribution in [2.45, 2.75) is 45.1 Å². The van der Waals surface area contributed by atoms with Crippen molar-refractivity contribution in [2.24, 2.45) is 5.92 Å². The molecule has 1 aliphatic rings. The van der Waals surface area contributed by atoms with Crippen LogP contribution in [0.15, 0.2) is 16.0 Å². The highest BCUT2D eigenvalue weighted by Gasteiger charge is 2.41. The Bertz CT molecular complexity index is 600. The van der Waals surface area contributed by atoms with Gasteiger partial charge in [0.1, 0.15) is 10.5 Å². The second-order valence-corrected chi connectivity index (χ2v) is 6.65. The third-order valence-electron chi connectivity index (χ3n) is 4.23. The smallest absolute Gasteiger partial charge is 0.270 e. The van der Waals surface area contributed by atoms with E-state index in [1.54, 1.807) is 0 Å². The van der Waals surface area contributed by atoms with Crippen LogP contribution in [0.1, 0.15) is 45.4 Å². The summed E-state index contributed by atoms with van der Waals surface area (Å²) in [7, 11) is 0. The third-order valence-corrected chi connectivity index (χ3v) is 5.14. The van der Waals surface area contributed by atoms with Crippen molar-refractivity contribution in [3.63, 3.8) is 0 Å². The molecule has 6 heteroatoms. The van der Waals surface area contributed by atoms with Gasteiger partial charge in [0.15, 0.2) is 0 Å². The van der Waals surface area contributed by atoms with Crippen LogP contribution in [0.4, 0.5) is 5.69 Å². The van der Waals surface area contributed by atoms with Crippen LogP contribution in [-0.4, -0.2) is 16.7 Å². The monoisotopic (exact) mass is 307 g/mol. The number of nitrogens with two attached hydrogens (primary N) is 1. The minimum Gasteiger partial charge on any atom is -0.397 e. The van der Waals surface area contributed by atoms with Gasteiger partial charge in [-0.3, -0.25) is 0 Å². The molecule has 1 saturated carbocycles. The highest BCUT2D eigenvalue weighted by molar-refractivity contribution is 7.14. The summed E-state index contributed by atoms with van der Waals surface area (Å²) in [6, 6.07) is 1.85. The Morgan fingerprint density at radius 3 is 2.86 bits per heavy atom. The van der Waals surface area contributed by atoms with E-state index >= 15 is 0 Å². The number of aromatic nitrogens is 2. The maximum Gasteiger partial charge on any atom is 0.270 e. The van der Waals surface area contributed by atoms with E-state index in [0.29, 0.717) is 24.0 Å². The van der Waals surface area contributed by atoms with E-state index in [9.17, 15) is 0 Å². The second-order valence-electron chi connectivity index (χ2n) is 5.74. The molecule has 5 nitrogen and oxygen atoms in total. The van der Waals surface area contributed by atoms with Crippen LogP contribution in [0, 0.1) is 5.92 Å². The summed E-state index contributed by atoms with van der Waals surface area (Å²) in [5.41, 5.74) is 6.21. The van der Waals surface area contributed by atoms with Gasteiger partial charge >= 0.3 is 0 Å². The van der Waals surface area contributed by atoms with Gasteiger partial charge in [0, 0.05) is 6.61 Å². The lowest BCUT2D eigenvalue weighted by molar-refractivity contribution is -0.0847. The Balaban J connectivity index is 1.91. The molecule has 2 aromatic heterocycles. The van der Waals surface area contributed by atoms with Crippen molar-refractivity contribution in [1.82, 2.24) is 10.1 Å². The fourth-order valence-corrected chi connectivity index (χ4v) is 3.67. The van der Waals surface area contributed by atoms with Gasteiger partial charge < -0.3 is 15.0 Å². The summed E-state index contributed by atoms with van der Waals surface area (Å²) in [5, 5.41) is 6.12. The Hall–Kier alpha value is -1.40. The minimum atomic E-state index is -0.394. The van der Waals surface area contributed by atoms with Crippen LogP contribution in [0.25, 0.3) is 10.8 Å². The summed E-state index contributed by atoms with van der Waals surface area (Å²) >= 11 is 1.51. The predicted octanol–water partition coefficient (Wildman–Crippen LogP) is 3.82. The standard InChI is InChI=1S/C15H21N3O2S/c1-3-19-15(7-4-10(2)5-8-15)14-17-13(20-18-14)12-11(16)6-9-21-12/h6,9-10H,3-5,7-8,16H2,1-2H3. The van der Waals surface area contributed by atoms with Gasteiger partial charge in [-0.25, -0.2) is 0 Å². The van der Waals surface area contributed by atoms with Gasteiger partial charge in [0.25, 0.3) is 5.89 Å². The minimum absolute atomic E-state index is 0.394. The van der Waals surface area contributed by atoms with Crippen LogP contribution >= 0.6 is 11.3 Å². The number of hydrogen-bond acceptors (Lipinski definition) is 6. The number of rotatable bonds is 4. The molecular weight excluding hydrogens is 286 g/mol. The summed E-state index contributed by atoms with van der Waals surface area (Å²) < 4.78 is 11.5. The fourth-order valence-electron chi connectivity index (χ4n) is 2.93. The van der Waals surface area contributed by atoms with Crippen molar-refractivity contribution in [2.75, 3.05) is 12.3 Å². The highest BCUT2D eigenvalue weighted by atomic mass is 32.1. The molecule has 0 amide bonds. The van der Waals surface area contributed by atoms with Crippen LogP contribution < -0.4 is 5.73 Å². The lowest BCUT2D eigenvalue weighted by Crippen LogP contribution is -2.35. The first kappa shape index (κ1) is 14.5. The number of ether oxygens (including phenoxy) is 1. The van der Waals surface area contributed by atoms with E-state index < -0.39 is 5.60 Å². The molecule has 2 aromatic rings. The van der Waals surface area contributed by atoms with E-state index in [1.807, 2.05) is 18.4 Å². The lowest BCUT2D eigenvalue weighted by Gasteiger charge is -2.36. The van der Waals surface area contributed by atoms with E-state index in [4.69, 9.17) is 15.0 Å². The lowest BCUT2D eigenvalue weighted by atomic mass is 9.79. The predicted molar refractivity (Wildman–Crippen MR) is 83.0 cm³/mol. The number of nitrogen functional groups attached to an aromatic ring is 1. The fraction of sp³-hybridized carbons (Fsp3) is 0.600. The summed E-state index contributed by atoms with van der Waals surface area (Å²) in [4.78, 5) is 5.42. The molecule has 0 saturated heterocycles. The molecular formula is C15H21N3O2S. The van der Waals surface area contributed by atoms with E-state index in [1.165, 1.54) is 11.3 Å². The molecule has 0 atom stereocenters. The topological polar surface area (TPSA) is 74.2 Å². The molecule has 0 unspecified atom stereocenters. The molecule has 1 aliphatic carbocycles. The van der Waals surface area contributed by atoms with E-state index in [-0.39, 0.29) is 0 Å². The number of hydrogen-bond donors (Lipinski definition) is 1. The number of thiophene rings is 1. The Morgan fingerprint density at radius 2 is 2.24 bits per heavy atom. The first-order chi connectivity index (χ1) is 10.1. The Labute approximate surface area is 128 Å². The number of anilines is 1. The highest BCUT2D eigenvalue weighted by Crippen LogP contribution is 2.42. The van der Waals surface area contributed by atoms with Gasteiger partial charge in [-0.1, -0.05) is 12.1 Å². The second kappa shape index (κ2) is 5.77. The third kappa shape index (κ3) is 2.70. The Kier molecular flexibility index (Phi) is 3.99. The summed E-state index contributed by atoms with van der Waals surface area (Å²) in [6.07, 6.45) is 4.15. The first-order valence-electron chi connectivity index (χ1n) is 7.46. The SMILES string of the molecule is CCOC1(c2noc(-c3sccc3N)n2)CCC(C)CC1. The van der Waals surface area contributed by atoms with Crippen molar-refractivity contribution in [3.8, 4) is 10.8 Å². The maximum absolute atomic E-state index is 6.05. The van der Waals surface area contributed by atoms with Crippen molar-refractivity contribution in [1.29, 1.82) is 0 Å². The molecule has 114 valence electrons. The van der Waals surface area contributed by atoms with Crippen LogP contribution in [0.2, 0.25) is 0 Å². The quantitative estimate of drug-likeness (QED) is 0.929. The molecule has 21 heavy (non-hydrogen) atoms. The molecule has 0 aromatic carbocycles. The molecule has 0 spiro atoms. The van der Waals surface area contributed by atoms with Gasteiger partial charge in [-0.2, -0.15) is 4.98 Å². The van der Waals surface area contributed by atoms with Gasteiger partial charge in [0.05, 0.1) is 5.69 Å². The molecule has 1 fully saturated rings. The van der Waals surface area contributed by atoms with E-state index in [0.717, 1.165) is 36.5 Å². The first-order valence-corrected chi connectivity index (χ1v) is 8.34. The largest absolute Gasteiger partial charge is 0.397 e. The average Bonchev–Trinajstić information content (AvgIpc) is 3.10. The zero-order chi connectivity index (χ0) is 14.9. The van der Waals surface area contributed by atoms with Gasteiger partial charge in [-0.05, 0) is 50.0 Å².